The van der Waals surface area contributed by atoms with E-state index in [9.17, 15) is 8.42 Å². The maximum absolute atomic E-state index is 12.1. The van der Waals surface area contributed by atoms with Gasteiger partial charge in [0.1, 0.15) is 0 Å². The smallest absolute Gasteiger partial charge is 0.261 e. The van der Waals surface area contributed by atoms with Crippen molar-refractivity contribution >= 4 is 15.7 Å². The standard InChI is InChI=1S/C14H15NO3S/c1-11-3-2-4-13(9-11)15-19(17,18)14-7-5-12(10-16)6-8-14/h2-9,15-16H,10H2,1H3. The van der Waals surface area contributed by atoms with Crippen LogP contribution in [0.4, 0.5) is 5.69 Å². The number of benzene rings is 2. The molecule has 0 saturated carbocycles. The molecule has 0 heterocycles. The number of rotatable bonds is 4. The van der Waals surface area contributed by atoms with Gasteiger partial charge in [-0.3, -0.25) is 4.72 Å². The van der Waals surface area contributed by atoms with Gasteiger partial charge in [0.25, 0.3) is 10.0 Å². The molecule has 0 unspecified atom stereocenters. The molecule has 0 bridgehead atoms. The van der Waals surface area contributed by atoms with Crippen LogP contribution in [0.3, 0.4) is 0 Å². The molecule has 0 aliphatic heterocycles. The molecule has 0 radical (unpaired) electrons. The van der Waals surface area contributed by atoms with E-state index in [4.69, 9.17) is 5.11 Å². The minimum absolute atomic E-state index is 0.106. The van der Waals surface area contributed by atoms with Crippen LogP contribution in [0.2, 0.25) is 0 Å². The molecule has 4 nitrogen and oxygen atoms in total. The number of sulfonamides is 1. The van der Waals surface area contributed by atoms with E-state index >= 15 is 0 Å². The van der Waals surface area contributed by atoms with Gasteiger partial charge in [0.15, 0.2) is 0 Å². The van der Waals surface area contributed by atoms with E-state index in [2.05, 4.69) is 4.72 Å². The lowest BCUT2D eigenvalue weighted by Crippen LogP contribution is -2.13. The third-order valence-corrected chi connectivity index (χ3v) is 4.08. The fourth-order valence-corrected chi connectivity index (χ4v) is 2.75. The first-order chi connectivity index (χ1) is 9.01. The van der Waals surface area contributed by atoms with Gasteiger partial charge in [-0.1, -0.05) is 24.3 Å². The Morgan fingerprint density at radius 3 is 2.37 bits per heavy atom. The SMILES string of the molecule is Cc1cccc(NS(=O)(=O)c2ccc(CO)cc2)c1. The zero-order chi connectivity index (χ0) is 13.9. The number of nitrogens with one attached hydrogen (secondary N) is 1. The second-order valence-electron chi connectivity index (χ2n) is 4.28. The van der Waals surface area contributed by atoms with Gasteiger partial charge in [-0.15, -0.1) is 0 Å². The monoisotopic (exact) mass is 277 g/mol. The van der Waals surface area contributed by atoms with E-state index in [-0.39, 0.29) is 11.5 Å². The molecule has 100 valence electrons. The van der Waals surface area contributed by atoms with Gasteiger partial charge in [-0.2, -0.15) is 0 Å². The van der Waals surface area contributed by atoms with Gasteiger partial charge in [0.05, 0.1) is 11.5 Å². The topological polar surface area (TPSA) is 66.4 Å². The summed E-state index contributed by atoms with van der Waals surface area (Å²) < 4.78 is 26.8. The Labute approximate surface area is 112 Å². The van der Waals surface area contributed by atoms with E-state index in [0.717, 1.165) is 5.56 Å². The molecule has 2 aromatic rings. The lowest BCUT2D eigenvalue weighted by atomic mass is 10.2. The van der Waals surface area contributed by atoms with E-state index < -0.39 is 10.0 Å². The summed E-state index contributed by atoms with van der Waals surface area (Å²) in [5, 5.41) is 8.93. The third kappa shape index (κ3) is 3.33. The third-order valence-electron chi connectivity index (χ3n) is 2.69. The Hall–Kier alpha value is -1.85. The maximum Gasteiger partial charge on any atom is 0.261 e. The lowest BCUT2D eigenvalue weighted by Gasteiger charge is -2.09. The average molecular weight is 277 g/mol. The largest absolute Gasteiger partial charge is 0.392 e. The summed E-state index contributed by atoms with van der Waals surface area (Å²) in [5.74, 6) is 0. The van der Waals surface area contributed by atoms with Crippen molar-refractivity contribution in [2.75, 3.05) is 4.72 Å². The van der Waals surface area contributed by atoms with Gasteiger partial charge in [-0.05, 0) is 42.3 Å². The second kappa shape index (κ2) is 5.42. The summed E-state index contributed by atoms with van der Waals surface area (Å²) >= 11 is 0. The van der Waals surface area contributed by atoms with Gasteiger partial charge in [0.2, 0.25) is 0 Å². The van der Waals surface area contributed by atoms with Crippen LogP contribution in [0.15, 0.2) is 53.4 Å². The quantitative estimate of drug-likeness (QED) is 0.901. The number of hydrogen-bond donors (Lipinski definition) is 2. The molecule has 2 rings (SSSR count). The summed E-state index contributed by atoms with van der Waals surface area (Å²) in [6.07, 6.45) is 0. The number of hydrogen-bond acceptors (Lipinski definition) is 3. The molecule has 0 amide bonds. The summed E-state index contributed by atoms with van der Waals surface area (Å²) in [6, 6.07) is 13.3. The summed E-state index contributed by atoms with van der Waals surface area (Å²) in [4.78, 5) is 0.172. The number of anilines is 1. The summed E-state index contributed by atoms with van der Waals surface area (Å²) in [6.45, 7) is 1.79. The van der Waals surface area contributed by atoms with Crippen LogP contribution in [0.5, 0.6) is 0 Å². The highest BCUT2D eigenvalue weighted by Gasteiger charge is 2.13. The van der Waals surface area contributed by atoms with E-state index in [1.165, 1.54) is 12.1 Å². The van der Waals surface area contributed by atoms with Crippen molar-refractivity contribution in [2.45, 2.75) is 18.4 Å². The molecular weight excluding hydrogens is 262 g/mol. The maximum atomic E-state index is 12.1. The second-order valence-corrected chi connectivity index (χ2v) is 5.96. The van der Waals surface area contributed by atoms with Crippen LogP contribution in [-0.2, 0) is 16.6 Å². The number of aryl methyl sites for hydroxylation is 1. The average Bonchev–Trinajstić information content (AvgIpc) is 2.38. The first-order valence-corrected chi connectivity index (χ1v) is 7.29. The number of aliphatic hydroxyl groups is 1. The highest BCUT2D eigenvalue weighted by atomic mass is 32.2. The normalized spacial score (nSPS) is 11.3. The molecule has 0 aromatic heterocycles. The van der Waals surface area contributed by atoms with Crippen molar-refractivity contribution in [1.29, 1.82) is 0 Å². The van der Waals surface area contributed by atoms with E-state index in [1.807, 2.05) is 13.0 Å². The van der Waals surface area contributed by atoms with Crippen molar-refractivity contribution in [3.05, 3.63) is 59.7 Å². The van der Waals surface area contributed by atoms with Crippen LogP contribution in [-0.4, -0.2) is 13.5 Å². The van der Waals surface area contributed by atoms with Gasteiger partial charge in [-0.25, -0.2) is 8.42 Å². The Kier molecular flexibility index (Phi) is 3.87. The van der Waals surface area contributed by atoms with Crippen LogP contribution in [0, 0.1) is 6.92 Å². The minimum Gasteiger partial charge on any atom is -0.392 e. The molecule has 19 heavy (non-hydrogen) atoms. The van der Waals surface area contributed by atoms with Gasteiger partial charge in [0, 0.05) is 5.69 Å². The molecule has 2 aromatic carbocycles. The van der Waals surface area contributed by atoms with Crippen LogP contribution in [0.25, 0.3) is 0 Å². The van der Waals surface area contributed by atoms with Crippen LogP contribution >= 0.6 is 0 Å². The van der Waals surface area contributed by atoms with Gasteiger partial charge >= 0.3 is 0 Å². The van der Waals surface area contributed by atoms with Crippen molar-refractivity contribution in [2.24, 2.45) is 0 Å². The molecule has 0 saturated heterocycles. The molecular formula is C14H15NO3S. The highest BCUT2D eigenvalue weighted by Crippen LogP contribution is 2.17. The van der Waals surface area contributed by atoms with Crippen molar-refractivity contribution in [3.8, 4) is 0 Å². The Bertz CT molecular complexity index is 663. The first kappa shape index (κ1) is 13.6. The summed E-state index contributed by atoms with van der Waals surface area (Å²) in [5.41, 5.74) is 2.19. The predicted octanol–water partition coefficient (Wildman–Crippen LogP) is 2.29. The van der Waals surface area contributed by atoms with E-state index in [0.29, 0.717) is 11.3 Å². The van der Waals surface area contributed by atoms with Crippen molar-refractivity contribution in [3.63, 3.8) is 0 Å². The van der Waals surface area contributed by atoms with Crippen molar-refractivity contribution < 1.29 is 13.5 Å². The van der Waals surface area contributed by atoms with Gasteiger partial charge < -0.3 is 5.11 Å². The molecule has 0 spiro atoms. The Balaban J connectivity index is 2.27. The fraction of sp³-hybridized carbons (Fsp3) is 0.143. The van der Waals surface area contributed by atoms with E-state index in [1.54, 1.807) is 30.3 Å². The molecule has 2 N–H and O–H groups in total. The zero-order valence-electron chi connectivity index (χ0n) is 10.5. The van der Waals surface area contributed by atoms with Crippen LogP contribution < -0.4 is 4.72 Å². The predicted molar refractivity (Wildman–Crippen MR) is 74.4 cm³/mol. The van der Waals surface area contributed by atoms with Crippen molar-refractivity contribution in [1.82, 2.24) is 0 Å². The Morgan fingerprint density at radius 2 is 1.79 bits per heavy atom. The Morgan fingerprint density at radius 1 is 1.11 bits per heavy atom. The van der Waals surface area contributed by atoms with Crippen LogP contribution in [0.1, 0.15) is 11.1 Å². The molecule has 0 atom stereocenters. The highest BCUT2D eigenvalue weighted by molar-refractivity contribution is 7.92. The summed E-state index contributed by atoms with van der Waals surface area (Å²) in [7, 11) is -3.59. The molecule has 0 fully saturated rings. The fourth-order valence-electron chi connectivity index (χ4n) is 1.70. The molecule has 5 heteroatoms. The zero-order valence-corrected chi connectivity index (χ0v) is 11.3. The molecule has 0 aliphatic rings. The first-order valence-electron chi connectivity index (χ1n) is 5.80. The number of aliphatic hydroxyl groups excluding tert-OH is 1. The molecule has 0 aliphatic carbocycles. The minimum atomic E-state index is -3.59. The lowest BCUT2D eigenvalue weighted by molar-refractivity contribution is 0.282.